The predicted molar refractivity (Wildman–Crippen MR) is 63.4 cm³/mol. The zero-order valence-corrected chi connectivity index (χ0v) is 9.44. The van der Waals surface area contributed by atoms with Crippen molar-refractivity contribution in [2.24, 2.45) is 0 Å². The van der Waals surface area contributed by atoms with E-state index in [1.807, 2.05) is 11.0 Å². The van der Waals surface area contributed by atoms with Crippen molar-refractivity contribution in [2.75, 3.05) is 30.3 Å². The molecule has 1 atom stereocenters. The summed E-state index contributed by atoms with van der Waals surface area (Å²) < 4.78 is 5.27. The molecule has 0 spiro atoms. The molecule has 4 nitrogen and oxygen atoms in total. The van der Waals surface area contributed by atoms with E-state index in [0.717, 1.165) is 12.2 Å². The minimum absolute atomic E-state index is 0.385. The summed E-state index contributed by atoms with van der Waals surface area (Å²) in [4.78, 5) is 2.04. The largest absolute Gasteiger partial charge is 0.397 e. The van der Waals surface area contributed by atoms with Crippen molar-refractivity contribution in [1.29, 1.82) is 5.26 Å². The molecule has 2 rings (SSSR count). The molecule has 0 saturated carbocycles. The van der Waals surface area contributed by atoms with Gasteiger partial charge < -0.3 is 15.4 Å². The summed E-state index contributed by atoms with van der Waals surface area (Å²) in [5.74, 6) is 0. The number of morpholine rings is 1. The molecule has 1 saturated heterocycles. The van der Waals surface area contributed by atoms with E-state index >= 15 is 0 Å². The number of nitrogen functional groups attached to an aromatic ring is 1. The Morgan fingerprint density at radius 2 is 2.38 bits per heavy atom. The van der Waals surface area contributed by atoms with Crippen molar-refractivity contribution < 1.29 is 4.74 Å². The first kappa shape index (κ1) is 11.1. The van der Waals surface area contributed by atoms with E-state index in [9.17, 15) is 0 Å². The summed E-state index contributed by atoms with van der Waals surface area (Å²) in [6, 6.07) is 7.49. The number of hydrogen-bond acceptors (Lipinski definition) is 4. The summed E-state index contributed by atoms with van der Waals surface area (Å²) in [5.41, 5.74) is 7.43. The molecule has 1 aromatic carbocycles. The van der Waals surface area contributed by atoms with Gasteiger partial charge >= 0.3 is 0 Å². The van der Waals surface area contributed by atoms with Crippen molar-refractivity contribution in [3.8, 4) is 6.07 Å². The molecule has 84 valence electrons. The molecule has 0 radical (unpaired) electrons. The van der Waals surface area contributed by atoms with Crippen LogP contribution in [0.5, 0.6) is 0 Å². The van der Waals surface area contributed by atoms with Crippen LogP contribution in [0.15, 0.2) is 18.2 Å². The lowest BCUT2D eigenvalue weighted by Gasteiger charge is -2.32. The number of anilines is 2. The molecule has 0 amide bonds. The fourth-order valence-electron chi connectivity index (χ4n) is 1.76. The number of nitrogens with two attached hydrogens (primary N) is 1. The van der Waals surface area contributed by atoms with Gasteiger partial charge in [-0.1, -0.05) is 11.6 Å². The summed E-state index contributed by atoms with van der Waals surface area (Å²) in [6.07, 6.45) is -0.385. The number of rotatable bonds is 1. The fraction of sp³-hybridized carbons (Fsp3) is 0.364. The molecule has 5 heteroatoms. The van der Waals surface area contributed by atoms with Crippen LogP contribution in [-0.2, 0) is 4.74 Å². The number of nitrogens with zero attached hydrogens (tertiary/aromatic N) is 2. The standard InChI is InChI=1S/C11H12ClN3O/c12-8-1-2-11(10(14)5-8)15-3-4-16-9(6-13)7-15/h1-2,5,9H,3-4,7,14H2. The Morgan fingerprint density at radius 1 is 1.56 bits per heavy atom. The Hall–Kier alpha value is -1.44. The third kappa shape index (κ3) is 2.21. The van der Waals surface area contributed by atoms with Crippen molar-refractivity contribution in [3.05, 3.63) is 23.2 Å². The first-order valence-electron chi connectivity index (χ1n) is 5.02. The second-order valence-electron chi connectivity index (χ2n) is 3.64. The van der Waals surface area contributed by atoms with Crippen LogP contribution in [0.3, 0.4) is 0 Å². The maximum absolute atomic E-state index is 8.82. The van der Waals surface area contributed by atoms with Crippen LogP contribution in [0.4, 0.5) is 11.4 Å². The molecule has 1 unspecified atom stereocenters. The number of benzene rings is 1. The Kier molecular flexibility index (Phi) is 3.18. The molecule has 16 heavy (non-hydrogen) atoms. The number of halogens is 1. The molecular weight excluding hydrogens is 226 g/mol. The molecule has 0 bridgehead atoms. The molecule has 1 fully saturated rings. The highest BCUT2D eigenvalue weighted by atomic mass is 35.5. The fourth-order valence-corrected chi connectivity index (χ4v) is 1.94. The smallest absolute Gasteiger partial charge is 0.161 e. The van der Waals surface area contributed by atoms with E-state index < -0.39 is 0 Å². The van der Waals surface area contributed by atoms with Gasteiger partial charge in [-0.2, -0.15) is 5.26 Å². The first-order chi connectivity index (χ1) is 7.70. The minimum Gasteiger partial charge on any atom is -0.397 e. The SMILES string of the molecule is N#CC1CN(c2ccc(Cl)cc2N)CCO1. The van der Waals surface area contributed by atoms with E-state index in [1.54, 1.807) is 12.1 Å². The Morgan fingerprint density at radius 3 is 3.06 bits per heavy atom. The van der Waals surface area contributed by atoms with Gasteiger partial charge in [0.2, 0.25) is 0 Å². The highest BCUT2D eigenvalue weighted by molar-refractivity contribution is 6.31. The van der Waals surface area contributed by atoms with Crippen LogP contribution < -0.4 is 10.6 Å². The molecule has 1 heterocycles. The van der Waals surface area contributed by atoms with E-state index in [4.69, 9.17) is 27.3 Å². The average Bonchev–Trinajstić information content (AvgIpc) is 2.29. The van der Waals surface area contributed by atoms with Gasteiger partial charge in [-0.25, -0.2) is 0 Å². The van der Waals surface area contributed by atoms with Crippen LogP contribution in [-0.4, -0.2) is 25.8 Å². The molecular formula is C11H12ClN3O. The van der Waals surface area contributed by atoms with Crippen molar-refractivity contribution >= 4 is 23.0 Å². The number of ether oxygens (including phenoxy) is 1. The second-order valence-corrected chi connectivity index (χ2v) is 4.07. The third-order valence-corrected chi connectivity index (χ3v) is 2.78. The van der Waals surface area contributed by atoms with Gasteiger partial charge in [-0.15, -0.1) is 0 Å². The minimum atomic E-state index is -0.385. The highest BCUT2D eigenvalue weighted by Crippen LogP contribution is 2.27. The quantitative estimate of drug-likeness (QED) is 0.755. The Labute approximate surface area is 99.2 Å². The molecule has 1 aliphatic rings. The van der Waals surface area contributed by atoms with Crippen molar-refractivity contribution in [2.45, 2.75) is 6.10 Å². The maximum Gasteiger partial charge on any atom is 0.161 e. The maximum atomic E-state index is 8.82. The summed E-state index contributed by atoms with van der Waals surface area (Å²) in [7, 11) is 0. The van der Waals surface area contributed by atoms with Crippen LogP contribution in [0.25, 0.3) is 0 Å². The zero-order chi connectivity index (χ0) is 11.5. The molecule has 2 N–H and O–H groups in total. The number of nitriles is 1. The second kappa shape index (κ2) is 4.60. The van der Waals surface area contributed by atoms with E-state index in [-0.39, 0.29) is 6.10 Å². The van der Waals surface area contributed by atoms with Crippen LogP contribution in [0, 0.1) is 11.3 Å². The summed E-state index contributed by atoms with van der Waals surface area (Å²) >= 11 is 5.84. The third-order valence-electron chi connectivity index (χ3n) is 2.54. The van der Waals surface area contributed by atoms with E-state index in [0.29, 0.717) is 23.9 Å². The van der Waals surface area contributed by atoms with Gasteiger partial charge in [0.05, 0.1) is 30.6 Å². The lowest BCUT2D eigenvalue weighted by atomic mass is 10.2. The Balaban J connectivity index is 2.20. The van der Waals surface area contributed by atoms with Crippen LogP contribution in [0.1, 0.15) is 0 Å². The number of hydrogen-bond donors (Lipinski definition) is 1. The summed E-state index contributed by atoms with van der Waals surface area (Å²) in [5, 5.41) is 9.43. The highest BCUT2D eigenvalue weighted by Gasteiger charge is 2.21. The monoisotopic (exact) mass is 237 g/mol. The van der Waals surface area contributed by atoms with Gasteiger partial charge in [-0.05, 0) is 18.2 Å². The predicted octanol–water partition coefficient (Wildman–Crippen LogP) is 1.65. The van der Waals surface area contributed by atoms with Gasteiger partial charge in [0.25, 0.3) is 0 Å². The van der Waals surface area contributed by atoms with Gasteiger partial charge in [0.15, 0.2) is 6.10 Å². The molecule has 1 aromatic rings. The first-order valence-corrected chi connectivity index (χ1v) is 5.39. The normalized spacial score (nSPS) is 20.5. The molecule has 0 aromatic heterocycles. The lowest BCUT2D eigenvalue weighted by molar-refractivity contribution is 0.0765. The van der Waals surface area contributed by atoms with Crippen LogP contribution in [0.2, 0.25) is 5.02 Å². The van der Waals surface area contributed by atoms with E-state index in [2.05, 4.69) is 6.07 Å². The van der Waals surface area contributed by atoms with Crippen molar-refractivity contribution in [3.63, 3.8) is 0 Å². The Bertz CT molecular complexity index is 430. The van der Waals surface area contributed by atoms with Gasteiger partial charge in [-0.3, -0.25) is 0 Å². The lowest BCUT2D eigenvalue weighted by Crippen LogP contribution is -2.42. The van der Waals surface area contributed by atoms with Crippen molar-refractivity contribution in [1.82, 2.24) is 0 Å². The molecule has 1 aliphatic heterocycles. The topological polar surface area (TPSA) is 62.3 Å². The van der Waals surface area contributed by atoms with Gasteiger partial charge in [0.1, 0.15) is 0 Å². The average molecular weight is 238 g/mol. The zero-order valence-electron chi connectivity index (χ0n) is 8.69. The summed E-state index contributed by atoms with van der Waals surface area (Å²) in [6.45, 7) is 1.83. The molecule has 0 aliphatic carbocycles. The van der Waals surface area contributed by atoms with Crippen LogP contribution >= 0.6 is 11.6 Å². The van der Waals surface area contributed by atoms with E-state index in [1.165, 1.54) is 0 Å². The van der Waals surface area contributed by atoms with Gasteiger partial charge in [0, 0.05) is 11.6 Å².